The molecule has 94 valence electrons. The first-order chi connectivity index (χ1) is 7.99. The third-order valence-electron chi connectivity index (χ3n) is 3.07. The third-order valence-corrected chi connectivity index (χ3v) is 3.07. The Kier molecular flexibility index (Phi) is 4.53. The summed E-state index contributed by atoms with van der Waals surface area (Å²) in [7, 11) is 0. The van der Waals surface area contributed by atoms with Gasteiger partial charge in [0.1, 0.15) is 6.54 Å². The average molecular weight is 238 g/mol. The van der Waals surface area contributed by atoms with E-state index in [-0.39, 0.29) is 19.0 Å². The van der Waals surface area contributed by atoms with E-state index in [1.165, 1.54) is 0 Å². The Labute approximate surface area is 101 Å². The number of hydrogen-bond acceptors (Lipinski definition) is 3. The summed E-state index contributed by atoms with van der Waals surface area (Å²) in [6.07, 6.45) is 9.22. The minimum Gasteiger partial charge on any atom is -0.480 e. The van der Waals surface area contributed by atoms with E-state index in [0.717, 1.165) is 24.2 Å². The van der Waals surface area contributed by atoms with Crippen LogP contribution in [0.3, 0.4) is 0 Å². The van der Waals surface area contributed by atoms with Crippen LogP contribution in [0.25, 0.3) is 0 Å². The van der Waals surface area contributed by atoms with Gasteiger partial charge in [-0.25, -0.2) is 0 Å². The molecule has 0 unspecified atom stereocenters. The van der Waals surface area contributed by atoms with Gasteiger partial charge in [-0.3, -0.25) is 9.59 Å². The van der Waals surface area contributed by atoms with Crippen molar-refractivity contribution in [2.45, 2.75) is 37.6 Å². The van der Waals surface area contributed by atoms with Gasteiger partial charge in [0, 0.05) is 0 Å². The minimum absolute atomic E-state index is 0.00984. The average Bonchev–Trinajstić information content (AvgIpc) is 2.28. The number of nitrogens with zero attached hydrogens (tertiary/aromatic N) is 1. The maximum Gasteiger partial charge on any atom is 0.323 e. The number of carboxylic acids is 1. The summed E-state index contributed by atoms with van der Waals surface area (Å²) < 4.78 is 0. The van der Waals surface area contributed by atoms with E-state index in [2.05, 4.69) is 5.92 Å². The molecular weight excluding hydrogens is 220 g/mol. The molecule has 0 aromatic heterocycles. The van der Waals surface area contributed by atoms with Crippen LogP contribution in [-0.4, -0.2) is 40.5 Å². The van der Waals surface area contributed by atoms with Gasteiger partial charge in [0.15, 0.2) is 0 Å². The molecule has 3 N–H and O–H groups in total. The number of terminal acetylenes is 1. The quantitative estimate of drug-likeness (QED) is 0.685. The summed E-state index contributed by atoms with van der Waals surface area (Å²) in [5.41, 5.74) is 5.13. The van der Waals surface area contributed by atoms with Crippen molar-refractivity contribution < 1.29 is 14.7 Å². The van der Waals surface area contributed by atoms with Crippen LogP contribution in [0.5, 0.6) is 0 Å². The van der Waals surface area contributed by atoms with Crippen molar-refractivity contribution in [3.63, 3.8) is 0 Å². The Hall–Kier alpha value is -1.54. The highest BCUT2D eigenvalue weighted by atomic mass is 16.4. The van der Waals surface area contributed by atoms with Crippen molar-refractivity contribution in [2.24, 2.45) is 5.73 Å². The zero-order valence-corrected chi connectivity index (χ0v) is 9.82. The van der Waals surface area contributed by atoms with Crippen LogP contribution in [0.15, 0.2) is 0 Å². The standard InChI is InChI=1S/C12H18N2O3/c1-2-8-14(9-10(15)16)11(17)12(13)6-4-3-5-7-12/h1H,3-9,13H2,(H,15,16). The Balaban J connectivity index is 2.75. The molecule has 1 amide bonds. The van der Waals surface area contributed by atoms with Gasteiger partial charge in [-0.15, -0.1) is 6.42 Å². The van der Waals surface area contributed by atoms with E-state index < -0.39 is 11.5 Å². The topological polar surface area (TPSA) is 83.6 Å². The van der Waals surface area contributed by atoms with E-state index in [1.54, 1.807) is 0 Å². The molecule has 1 fully saturated rings. The van der Waals surface area contributed by atoms with Crippen molar-refractivity contribution in [3.8, 4) is 12.3 Å². The molecule has 5 nitrogen and oxygen atoms in total. The van der Waals surface area contributed by atoms with Gasteiger partial charge in [0.2, 0.25) is 5.91 Å². The third kappa shape index (κ3) is 3.46. The van der Waals surface area contributed by atoms with Crippen LogP contribution < -0.4 is 5.73 Å². The maximum absolute atomic E-state index is 12.2. The summed E-state index contributed by atoms with van der Waals surface area (Å²) in [4.78, 5) is 24.0. The SMILES string of the molecule is C#CCN(CC(=O)O)C(=O)C1(N)CCCCC1. The number of aliphatic carboxylic acids is 1. The molecule has 5 heteroatoms. The highest BCUT2D eigenvalue weighted by Gasteiger charge is 2.38. The predicted octanol–water partition coefficient (Wildman–Crippen LogP) is 0.194. The van der Waals surface area contributed by atoms with Gasteiger partial charge >= 0.3 is 5.97 Å². The molecule has 1 rings (SSSR count). The molecule has 0 atom stereocenters. The fraction of sp³-hybridized carbons (Fsp3) is 0.667. The van der Waals surface area contributed by atoms with E-state index in [4.69, 9.17) is 17.3 Å². The van der Waals surface area contributed by atoms with Gasteiger partial charge in [-0.2, -0.15) is 0 Å². The zero-order chi connectivity index (χ0) is 12.9. The first-order valence-electron chi connectivity index (χ1n) is 5.73. The normalized spacial score (nSPS) is 18.1. The summed E-state index contributed by atoms with van der Waals surface area (Å²) >= 11 is 0. The van der Waals surface area contributed by atoms with E-state index in [9.17, 15) is 9.59 Å². The fourth-order valence-corrected chi connectivity index (χ4v) is 2.18. The van der Waals surface area contributed by atoms with Crippen LogP contribution in [0.1, 0.15) is 32.1 Å². The Morgan fingerprint density at radius 3 is 2.41 bits per heavy atom. The van der Waals surface area contributed by atoms with E-state index in [1.807, 2.05) is 0 Å². The second kappa shape index (κ2) is 5.69. The number of carbonyl (C=O) groups excluding carboxylic acids is 1. The van der Waals surface area contributed by atoms with E-state index in [0.29, 0.717) is 12.8 Å². The molecule has 0 heterocycles. The maximum atomic E-state index is 12.2. The summed E-state index contributed by atoms with van der Waals surface area (Å²) in [5, 5.41) is 8.74. The number of nitrogens with two attached hydrogens (primary N) is 1. The molecular formula is C12H18N2O3. The minimum atomic E-state index is -1.08. The lowest BCUT2D eigenvalue weighted by atomic mass is 9.81. The van der Waals surface area contributed by atoms with Crippen molar-refractivity contribution in [1.29, 1.82) is 0 Å². The Bertz CT molecular complexity index is 340. The molecule has 0 bridgehead atoms. The van der Waals surface area contributed by atoms with Gasteiger partial charge in [-0.1, -0.05) is 25.2 Å². The van der Waals surface area contributed by atoms with Crippen molar-refractivity contribution in [1.82, 2.24) is 4.90 Å². The van der Waals surface area contributed by atoms with Crippen LogP contribution >= 0.6 is 0 Å². The van der Waals surface area contributed by atoms with Gasteiger partial charge in [0.05, 0.1) is 12.1 Å². The number of rotatable bonds is 4. The van der Waals surface area contributed by atoms with Gasteiger partial charge in [0.25, 0.3) is 0 Å². The molecule has 0 radical (unpaired) electrons. The monoisotopic (exact) mass is 238 g/mol. The Morgan fingerprint density at radius 2 is 1.94 bits per heavy atom. The molecule has 1 aliphatic rings. The lowest BCUT2D eigenvalue weighted by Gasteiger charge is -2.35. The van der Waals surface area contributed by atoms with E-state index >= 15 is 0 Å². The highest BCUT2D eigenvalue weighted by Crippen LogP contribution is 2.27. The zero-order valence-electron chi connectivity index (χ0n) is 9.82. The van der Waals surface area contributed by atoms with Crippen LogP contribution in [0.4, 0.5) is 0 Å². The first-order valence-corrected chi connectivity index (χ1v) is 5.73. The summed E-state index contributed by atoms with van der Waals surface area (Å²) in [5.74, 6) is 0.885. The summed E-state index contributed by atoms with van der Waals surface area (Å²) in [6, 6.07) is 0. The van der Waals surface area contributed by atoms with Crippen molar-refractivity contribution in [2.75, 3.05) is 13.1 Å². The van der Waals surface area contributed by atoms with Crippen molar-refractivity contribution in [3.05, 3.63) is 0 Å². The molecule has 0 aromatic carbocycles. The van der Waals surface area contributed by atoms with Crippen LogP contribution in [-0.2, 0) is 9.59 Å². The number of carboxylic acid groups (broad SMARTS) is 1. The summed E-state index contributed by atoms with van der Waals surface area (Å²) in [6.45, 7) is -0.397. The molecule has 17 heavy (non-hydrogen) atoms. The predicted molar refractivity (Wildman–Crippen MR) is 63.1 cm³/mol. The lowest BCUT2D eigenvalue weighted by Crippen LogP contribution is -2.57. The molecule has 0 aromatic rings. The number of amides is 1. The molecule has 0 saturated heterocycles. The fourth-order valence-electron chi connectivity index (χ4n) is 2.18. The van der Waals surface area contributed by atoms with Crippen molar-refractivity contribution >= 4 is 11.9 Å². The van der Waals surface area contributed by atoms with Crippen LogP contribution in [0.2, 0.25) is 0 Å². The Morgan fingerprint density at radius 1 is 1.35 bits per heavy atom. The molecule has 1 aliphatic carbocycles. The molecule has 0 spiro atoms. The van der Waals surface area contributed by atoms with Crippen LogP contribution in [0, 0.1) is 12.3 Å². The number of hydrogen-bond donors (Lipinski definition) is 2. The highest BCUT2D eigenvalue weighted by molar-refractivity contribution is 5.89. The second-order valence-corrected chi connectivity index (χ2v) is 4.48. The van der Waals surface area contributed by atoms with Gasteiger partial charge < -0.3 is 15.7 Å². The smallest absolute Gasteiger partial charge is 0.323 e. The largest absolute Gasteiger partial charge is 0.480 e. The molecule has 1 saturated carbocycles. The van der Waals surface area contributed by atoms with Gasteiger partial charge in [-0.05, 0) is 12.8 Å². The first kappa shape index (κ1) is 13.5. The molecule has 0 aliphatic heterocycles. The lowest BCUT2D eigenvalue weighted by molar-refractivity contribution is -0.147. The number of carbonyl (C=O) groups is 2. The second-order valence-electron chi connectivity index (χ2n) is 4.48.